The lowest BCUT2D eigenvalue weighted by Gasteiger charge is -2.10. The maximum Gasteiger partial charge on any atom is 0.237 e. The van der Waals surface area contributed by atoms with Crippen molar-refractivity contribution in [3.8, 4) is 11.5 Å². The number of nitrogens with two attached hydrogens (primary N) is 1. The molecule has 6 heteroatoms. The molecule has 1 aliphatic rings. The molecule has 0 unspecified atom stereocenters. The predicted molar refractivity (Wildman–Crippen MR) is 77.4 cm³/mol. The average Bonchev–Trinajstić information content (AvgIpc) is 2.93. The molecule has 1 fully saturated rings. The maximum atomic E-state index is 5.75. The molecule has 0 atom stereocenters. The number of hydrogen-bond donors (Lipinski definition) is 1. The largest absolute Gasteiger partial charge is 0.399 e. The Morgan fingerprint density at radius 3 is 2.62 bits per heavy atom. The number of nitrogen functional groups attached to an aromatic ring is 1. The number of rotatable bonds is 3. The van der Waals surface area contributed by atoms with Gasteiger partial charge in [0, 0.05) is 12.7 Å². The molecule has 0 radical (unpaired) electrons. The zero-order chi connectivity index (χ0) is 14.4. The summed E-state index contributed by atoms with van der Waals surface area (Å²) >= 11 is 0. The van der Waals surface area contributed by atoms with Gasteiger partial charge in [-0.25, -0.2) is 4.98 Å². The van der Waals surface area contributed by atoms with Crippen LogP contribution in [0.1, 0.15) is 24.3 Å². The van der Waals surface area contributed by atoms with Crippen molar-refractivity contribution in [1.82, 2.24) is 19.7 Å². The summed E-state index contributed by atoms with van der Waals surface area (Å²) in [6.45, 7) is 0. The van der Waals surface area contributed by atoms with Crippen LogP contribution in [0.25, 0.3) is 11.5 Å². The van der Waals surface area contributed by atoms with Gasteiger partial charge in [-0.2, -0.15) is 4.98 Å². The summed E-state index contributed by atoms with van der Waals surface area (Å²) in [4.78, 5) is 8.66. The molecule has 0 spiro atoms. The second-order valence-electron chi connectivity index (χ2n) is 5.52. The van der Waals surface area contributed by atoms with Gasteiger partial charge in [0.15, 0.2) is 0 Å². The first-order valence-corrected chi connectivity index (χ1v) is 6.86. The Labute approximate surface area is 121 Å². The molecule has 0 aliphatic heterocycles. The van der Waals surface area contributed by atoms with Crippen molar-refractivity contribution in [1.29, 1.82) is 0 Å². The highest BCUT2D eigenvalue weighted by molar-refractivity contribution is 5.50. The van der Waals surface area contributed by atoms with E-state index in [-0.39, 0.29) is 5.41 Å². The van der Waals surface area contributed by atoms with Crippen molar-refractivity contribution in [3.05, 3.63) is 48.2 Å². The number of benzene rings is 1. The van der Waals surface area contributed by atoms with Crippen molar-refractivity contribution in [2.45, 2.75) is 18.3 Å². The molecule has 2 heterocycles. The number of nitrogens with zero attached hydrogens (tertiary/aromatic N) is 4. The first-order valence-electron chi connectivity index (χ1n) is 6.86. The highest BCUT2D eigenvalue weighted by atomic mass is 16.5. The zero-order valence-corrected chi connectivity index (χ0v) is 11.7. The molecule has 106 valence electrons. The van der Waals surface area contributed by atoms with Crippen LogP contribution in [0.15, 0.2) is 41.3 Å². The molecule has 1 aromatic carbocycles. The van der Waals surface area contributed by atoms with Crippen LogP contribution in [0.3, 0.4) is 0 Å². The van der Waals surface area contributed by atoms with E-state index < -0.39 is 0 Å². The molecular weight excluding hydrogens is 266 g/mol. The zero-order valence-electron chi connectivity index (χ0n) is 11.7. The quantitative estimate of drug-likeness (QED) is 0.744. The molecule has 0 bridgehead atoms. The minimum Gasteiger partial charge on any atom is -0.399 e. The second kappa shape index (κ2) is 4.18. The van der Waals surface area contributed by atoms with Crippen molar-refractivity contribution in [2.75, 3.05) is 5.73 Å². The van der Waals surface area contributed by atoms with Crippen molar-refractivity contribution >= 4 is 5.69 Å². The highest BCUT2D eigenvalue weighted by Crippen LogP contribution is 2.53. The van der Waals surface area contributed by atoms with Gasteiger partial charge in [0.05, 0.1) is 17.9 Å². The fourth-order valence-corrected chi connectivity index (χ4v) is 2.65. The van der Waals surface area contributed by atoms with E-state index in [4.69, 9.17) is 10.3 Å². The number of aryl methyl sites for hydroxylation is 1. The van der Waals surface area contributed by atoms with Gasteiger partial charge in [-0.15, -0.1) is 0 Å². The van der Waals surface area contributed by atoms with E-state index in [0.29, 0.717) is 11.7 Å². The first kappa shape index (κ1) is 12.1. The number of imidazole rings is 1. The van der Waals surface area contributed by atoms with E-state index in [1.54, 1.807) is 12.5 Å². The van der Waals surface area contributed by atoms with Gasteiger partial charge < -0.3 is 14.8 Å². The maximum absolute atomic E-state index is 5.75. The van der Waals surface area contributed by atoms with Crippen LogP contribution in [0.2, 0.25) is 0 Å². The Balaban J connectivity index is 1.73. The van der Waals surface area contributed by atoms with Gasteiger partial charge in [0.2, 0.25) is 11.7 Å². The summed E-state index contributed by atoms with van der Waals surface area (Å²) < 4.78 is 7.39. The molecular formula is C15H15N5O. The second-order valence-corrected chi connectivity index (χ2v) is 5.52. The Morgan fingerprint density at radius 1 is 1.24 bits per heavy atom. The number of anilines is 1. The lowest BCUT2D eigenvalue weighted by molar-refractivity contribution is 0.360. The van der Waals surface area contributed by atoms with E-state index in [9.17, 15) is 0 Å². The summed E-state index contributed by atoms with van der Waals surface area (Å²) in [5.41, 5.74) is 8.39. The van der Waals surface area contributed by atoms with Gasteiger partial charge in [0.25, 0.3) is 0 Å². The van der Waals surface area contributed by atoms with E-state index in [2.05, 4.69) is 15.1 Å². The van der Waals surface area contributed by atoms with Crippen LogP contribution < -0.4 is 5.73 Å². The normalized spacial score (nSPS) is 16.0. The third-order valence-electron chi connectivity index (χ3n) is 4.09. The van der Waals surface area contributed by atoms with Crippen molar-refractivity contribution in [3.63, 3.8) is 0 Å². The van der Waals surface area contributed by atoms with Crippen LogP contribution in [0, 0.1) is 0 Å². The van der Waals surface area contributed by atoms with E-state index in [1.165, 1.54) is 5.56 Å². The van der Waals surface area contributed by atoms with Crippen LogP contribution in [0.5, 0.6) is 0 Å². The smallest absolute Gasteiger partial charge is 0.237 e. The topological polar surface area (TPSA) is 82.8 Å². The molecule has 3 aromatic rings. The molecule has 2 aromatic heterocycles. The lowest BCUT2D eigenvalue weighted by atomic mass is 9.96. The Kier molecular flexibility index (Phi) is 2.42. The standard InChI is InChI=1S/C15H15N5O/c1-20-9-17-8-12(20)13-18-14(21-19-13)15(6-7-15)10-2-4-11(16)5-3-10/h2-5,8-9H,6-7,16H2,1H3. The fraction of sp³-hybridized carbons (Fsp3) is 0.267. The minimum absolute atomic E-state index is 0.141. The predicted octanol–water partition coefficient (Wildman–Crippen LogP) is 2.13. The third kappa shape index (κ3) is 1.83. The molecule has 2 N–H and O–H groups in total. The van der Waals surface area contributed by atoms with Gasteiger partial charge in [0.1, 0.15) is 5.69 Å². The van der Waals surface area contributed by atoms with E-state index in [0.717, 1.165) is 24.2 Å². The third-order valence-corrected chi connectivity index (χ3v) is 4.09. The van der Waals surface area contributed by atoms with Crippen LogP contribution in [-0.4, -0.2) is 19.7 Å². The monoisotopic (exact) mass is 281 g/mol. The molecule has 0 amide bonds. The van der Waals surface area contributed by atoms with Gasteiger partial charge in [-0.1, -0.05) is 17.3 Å². The SMILES string of the molecule is Cn1cncc1-c1noc(C2(c3ccc(N)cc3)CC2)n1. The summed E-state index contributed by atoms with van der Waals surface area (Å²) in [6, 6.07) is 7.90. The van der Waals surface area contributed by atoms with Gasteiger partial charge in [-0.3, -0.25) is 0 Å². The van der Waals surface area contributed by atoms with Crippen molar-refractivity contribution < 1.29 is 4.52 Å². The molecule has 1 aliphatic carbocycles. The molecule has 21 heavy (non-hydrogen) atoms. The summed E-state index contributed by atoms with van der Waals surface area (Å²) in [5.74, 6) is 1.25. The minimum atomic E-state index is -0.141. The van der Waals surface area contributed by atoms with E-state index in [1.807, 2.05) is 35.9 Å². The van der Waals surface area contributed by atoms with E-state index >= 15 is 0 Å². The lowest BCUT2D eigenvalue weighted by Crippen LogP contribution is -2.09. The molecule has 4 rings (SSSR count). The van der Waals surface area contributed by atoms with Crippen LogP contribution in [-0.2, 0) is 12.5 Å². The Bertz CT molecular complexity index is 783. The molecule has 6 nitrogen and oxygen atoms in total. The summed E-state index contributed by atoms with van der Waals surface area (Å²) in [5, 5.41) is 4.10. The molecule has 1 saturated carbocycles. The Morgan fingerprint density at radius 2 is 2.00 bits per heavy atom. The summed E-state index contributed by atoms with van der Waals surface area (Å²) in [6.07, 6.45) is 5.49. The highest BCUT2D eigenvalue weighted by Gasteiger charge is 2.51. The first-order chi connectivity index (χ1) is 10.2. The van der Waals surface area contributed by atoms with Gasteiger partial charge >= 0.3 is 0 Å². The molecule has 0 saturated heterocycles. The van der Waals surface area contributed by atoms with Crippen LogP contribution in [0.4, 0.5) is 5.69 Å². The van der Waals surface area contributed by atoms with Crippen LogP contribution >= 0.6 is 0 Å². The number of aromatic nitrogens is 4. The van der Waals surface area contributed by atoms with Gasteiger partial charge in [-0.05, 0) is 30.5 Å². The summed E-state index contributed by atoms with van der Waals surface area (Å²) in [7, 11) is 1.91. The Hall–Kier alpha value is -2.63. The average molecular weight is 281 g/mol. The number of hydrogen-bond acceptors (Lipinski definition) is 5. The fourth-order valence-electron chi connectivity index (χ4n) is 2.65. The van der Waals surface area contributed by atoms with Crippen molar-refractivity contribution in [2.24, 2.45) is 7.05 Å².